The number of hydrogen-bond acceptors (Lipinski definition) is 3. The minimum absolute atomic E-state index is 0.278. The van der Waals surface area contributed by atoms with Gasteiger partial charge in [0.25, 0.3) is 0 Å². The summed E-state index contributed by atoms with van der Waals surface area (Å²) in [7, 11) is 1.61. The molecule has 7 heteroatoms. The van der Waals surface area contributed by atoms with Crippen molar-refractivity contribution in [3.63, 3.8) is 0 Å². The fourth-order valence-corrected chi connectivity index (χ4v) is 2.75. The maximum atomic E-state index is 6.21. The zero-order valence-corrected chi connectivity index (χ0v) is 15.4. The quantitative estimate of drug-likeness (QED) is 0.469. The van der Waals surface area contributed by atoms with E-state index in [-0.39, 0.29) is 5.15 Å². The van der Waals surface area contributed by atoms with Crippen LogP contribution in [0.3, 0.4) is 0 Å². The Morgan fingerprint density at radius 2 is 1.50 bits per heavy atom. The van der Waals surface area contributed by atoms with Gasteiger partial charge in [0.2, 0.25) is 9.68 Å². The summed E-state index contributed by atoms with van der Waals surface area (Å²) in [6.07, 6.45) is 0. The number of alkyl halides is 3. The minimum atomic E-state index is -1.47. The highest BCUT2D eigenvalue weighted by Gasteiger charge is 2.23. The molecule has 0 saturated carbocycles. The maximum absolute atomic E-state index is 6.21. The lowest BCUT2D eigenvalue weighted by Crippen LogP contribution is -1.98. The molecule has 0 aliphatic rings. The first-order chi connectivity index (χ1) is 11.4. The van der Waals surface area contributed by atoms with Crippen LogP contribution in [0.15, 0.2) is 52.9 Å². The molecule has 0 aliphatic carbocycles. The molecule has 0 spiro atoms. The van der Waals surface area contributed by atoms with E-state index >= 15 is 0 Å². The number of hydrogen-bond donors (Lipinski definition) is 0. The smallest absolute Gasteiger partial charge is 0.228 e. The highest BCUT2D eigenvalue weighted by Crippen LogP contribution is 2.39. The maximum Gasteiger partial charge on any atom is 0.228 e. The second-order valence-electron chi connectivity index (χ2n) is 4.94. The summed E-state index contributed by atoms with van der Waals surface area (Å²) in [5, 5.41) is 0.278. The Kier molecular flexibility index (Phi) is 4.97. The molecule has 24 heavy (non-hydrogen) atoms. The third-order valence-corrected chi connectivity index (χ3v) is 4.31. The highest BCUT2D eigenvalue weighted by molar-refractivity contribution is 6.66. The predicted molar refractivity (Wildman–Crippen MR) is 98.2 cm³/mol. The SMILES string of the molecule is COc1ccc(-c2oc(-c3ccc(C(Cl)(Cl)Cl)cc3)nc2Cl)cc1. The fraction of sp³-hybridized carbons (Fsp3) is 0.118. The molecule has 0 aliphatic heterocycles. The van der Waals surface area contributed by atoms with Crippen LogP contribution in [0.4, 0.5) is 0 Å². The number of halogens is 4. The van der Waals surface area contributed by atoms with Crippen molar-refractivity contribution in [1.29, 1.82) is 0 Å². The standard InChI is InChI=1S/C17H11Cl4NO2/c1-23-13-8-4-10(5-9-13)14-15(18)22-16(24-14)11-2-6-12(7-3-11)17(19,20)21/h2-9H,1H3. The van der Waals surface area contributed by atoms with E-state index in [2.05, 4.69) is 4.98 Å². The van der Waals surface area contributed by atoms with Crippen molar-refractivity contribution in [3.8, 4) is 28.5 Å². The lowest BCUT2D eigenvalue weighted by molar-refractivity contribution is 0.415. The van der Waals surface area contributed by atoms with Crippen molar-refractivity contribution < 1.29 is 9.15 Å². The topological polar surface area (TPSA) is 35.3 Å². The molecule has 0 bridgehead atoms. The average Bonchev–Trinajstić information content (AvgIpc) is 2.96. The molecule has 0 amide bonds. The van der Waals surface area contributed by atoms with Crippen LogP contribution in [0.2, 0.25) is 5.15 Å². The largest absolute Gasteiger partial charge is 0.497 e. The van der Waals surface area contributed by atoms with Gasteiger partial charge >= 0.3 is 0 Å². The van der Waals surface area contributed by atoms with Crippen LogP contribution in [0.1, 0.15) is 5.56 Å². The molecule has 0 N–H and O–H groups in total. The van der Waals surface area contributed by atoms with E-state index in [0.29, 0.717) is 17.2 Å². The average molecular weight is 403 g/mol. The van der Waals surface area contributed by atoms with Crippen LogP contribution >= 0.6 is 46.4 Å². The second-order valence-corrected chi connectivity index (χ2v) is 7.58. The van der Waals surface area contributed by atoms with Crippen molar-refractivity contribution in [2.75, 3.05) is 7.11 Å². The normalized spacial score (nSPS) is 11.5. The van der Waals surface area contributed by atoms with Gasteiger partial charge in [-0.2, -0.15) is 4.98 Å². The number of nitrogens with zero attached hydrogens (tertiary/aromatic N) is 1. The number of methoxy groups -OCH3 is 1. The highest BCUT2D eigenvalue weighted by atomic mass is 35.6. The van der Waals surface area contributed by atoms with Gasteiger partial charge in [-0.05, 0) is 36.4 Å². The molecule has 1 heterocycles. The summed E-state index contributed by atoms with van der Waals surface area (Å²) in [5.41, 5.74) is 2.09. The van der Waals surface area contributed by atoms with Crippen molar-refractivity contribution >= 4 is 46.4 Å². The third kappa shape index (κ3) is 3.65. The van der Waals surface area contributed by atoms with E-state index in [1.807, 2.05) is 24.3 Å². The number of ether oxygens (including phenoxy) is 1. The first-order valence-electron chi connectivity index (χ1n) is 6.87. The van der Waals surface area contributed by atoms with Gasteiger partial charge in [-0.1, -0.05) is 58.5 Å². The van der Waals surface area contributed by atoms with Crippen molar-refractivity contribution in [2.24, 2.45) is 0 Å². The summed E-state index contributed by atoms with van der Waals surface area (Å²) < 4.78 is 9.47. The first kappa shape index (κ1) is 17.4. The molecule has 3 nitrogen and oxygen atoms in total. The number of oxazole rings is 1. The van der Waals surface area contributed by atoms with Crippen molar-refractivity contribution in [1.82, 2.24) is 4.98 Å². The van der Waals surface area contributed by atoms with E-state index in [0.717, 1.165) is 16.9 Å². The van der Waals surface area contributed by atoms with Crippen LogP contribution in [-0.4, -0.2) is 12.1 Å². The summed E-state index contributed by atoms with van der Waals surface area (Å²) in [6.45, 7) is 0. The van der Waals surface area contributed by atoms with Gasteiger partial charge in [-0.3, -0.25) is 0 Å². The Morgan fingerprint density at radius 1 is 0.917 bits per heavy atom. The zero-order valence-electron chi connectivity index (χ0n) is 12.4. The van der Waals surface area contributed by atoms with Gasteiger partial charge in [-0.25, -0.2) is 0 Å². The minimum Gasteiger partial charge on any atom is -0.497 e. The Balaban J connectivity index is 1.93. The van der Waals surface area contributed by atoms with E-state index in [4.69, 9.17) is 55.6 Å². The van der Waals surface area contributed by atoms with E-state index in [1.165, 1.54) is 0 Å². The van der Waals surface area contributed by atoms with Crippen LogP contribution in [0.5, 0.6) is 5.75 Å². The second kappa shape index (κ2) is 6.85. The Labute approximate surface area is 159 Å². The molecule has 0 saturated heterocycles. The van der Waals surface area contributed by atoms with Gasteiger partial charge in [-0.15, -0.1) is 0 Å². The number of aromatic nitrogens is 1. The summed E-state index contributed by atoms with van der Waals surface area (Å²) in [4.78, 5) is 4.26. The Hall–Kier alpha value is -1.39. The summed E-state index contributed by atoms with van der Waals surface area (Å²) in [5.74, 6) is 1.62. The molecule has 2 aromatic carbocycles. The van der Waals surface area contributed by atoms with Gasteiger partial charge in [0.15, 0.2) is 10.9 Å². The van der Waals surface area contributed by atoms with Gasteiger partial charge in [0, 0.05) is 16.7 Å². The van der Waals surface area contributed by atoms with Crippen LogP contribution in [0, 0.1) is 0 Å². The summed E-state index contributed by atoms with van der Waals surface area (Å²) >= 11 is 23.8. The van der Waals surface area contributed by atoms with Gasteiger partial charge in [0.05, 0.1) is 7.11 Å². The molecular weight excluding hydrogens is 392 g/mol. The molecule has 124 valence electrons. The van der Waals surface area contributed by atoms with Gasteiger partial charge in [0.1, 0.15) is 5.75 Å². The van der Waals surface area contributed by atoms with E-state index in [1.54, 1.807) is 31.4 Å². The molecule has 0 atom stereocenters. The zero-order chi connectivity index (χ0) is 17.3. The van der Waals surface area contributed by atoms with Crippen LogP contribution < -0.4 is 4.74 Å². The monoisotopic (exact) mass is 401 g/mol. The molecule has 1 aromatic heterocycles. The van der Waals surface area contributed by atoms with Crippen LogP contribution in [-0.2, 0) is 3.79 Å². The van der Waals surface area contributed by atoms with Crippen molar-refractivity contribution in [3.05, 3.63) is 59.2 Å². The number of rotatable bonds is 3. The third-order valence-electron chi connectivity index (χ3n) is 3.40. The fourth-order valence-electron chi connectivity index (χ4n) is 2.15. The molecule has 0 fully saturated rings. The van der Waals surface area contributed by atoms with Gasteiger partial charge < -0.3 is 9.15 Å². The van der Waals surface area contributed by atoms with E-state index < -0.39 is 3.79 Å². The molecule has 3 rings (SSSR count). The summed E-state index contributed by atoms with van der Waals surface area (Å²) in [6, 6.07) is 14.3. The Bertz CT molecular complexity index is 837. The molecule has 0 radical (unpaired) electrons. The number of benzene rings is 2. The lowest BCUT2D eigenvalue weighted by atomic mass is 10.1. The first-order valence-corrected chi connectivity index (χ1v) is 8.38. The molecular formula is C17H11Cl4NO2. The van der Waals surface area contributed by atoms with E-state index in [9.17, 15) is 0 Å². The molecule has 3 aromatic rings. The van der Waals surface area contributed by atoms with Crippen molar-refractivity contribution in [2.45, 2.75) is 3.79 Å². The molecule has 0 unspecified atom stereocenters. The lowest BCUT2D eigenvalue weighted by Gasteiger charge is -2.10. The Morgan fingerprint density at radius 3 is 2.04 bits per heavy atom. The van der Waals surface area contributed by atoms with Crippen LogP contribution in [0.25, 0.3) is 22.8 Å². The predicted octanol–water partition coefficient (Wildman–Crippen LogP) is 6.50.